The Kier molecular flexibility index (Phi) is 8.93. The molecule has 1 aliphatic carbocycles. The number of fused-ring (bicyclic) bond motifs is 3. The molecular formula is C55H42N2. The van der Waals surface area contributed by atoms with E-state index < -0.39 is 0 Å². The molecule has 2 nitrogen and oxygen atoms in total. The number of hydrogen-bond acceptors (Lipinski definition) is 1. The number of aryl methyl sites for hydroxylation is 1. The van der Waals surface area contributed by atoms with E-state index in [-0.39, 0.29) is 0 Å². The monoisotopic (exact) mass is 730 g/mol. The van der Waals surface area contributed by atoms with Gasteiger partial charge < -0.3 is 9.47 Å². The number of allylic oxidation sites excluding steroid dienone is 4. The fourth-order valence-corrected chi connectivity index (χ4v) is 8.44. The Morgan fingerprint density at radius 2 is 0.947 bits per heavy atom. The topological polar surface area (TPSA) is 8.17 Å². The van der Waals surface area contributed by atoms with Crippen LogP contribution in [0.3, 0.4) is 0 Å². The van der Waals surface area contributed by atoms with Crippen LogP contribution in [0.1, 0.15) is 24.0 Å². The Bertz CT molecular complexity index is 2910. The van der Waals surface area contributed by atoms with Gasteiger partial charge in [-0.3, -0.25) is 0 Å². The van der Waals surface area contributed by atoms with Gasteiger partial charge in [-0.15, -0.1) is 0 Å². The number of para-hydroxylation sites is 2. The molecule has 0 amide bonds. The molecule has 0 radical (unpaired) electrons. The summed E-state index contributed by atoms with van der Waals surface area (Å²) >= 11 is 0. The summed E-state index contributed by atoms with van der Waals surface area (Å²) in [5.41, 5.74) is 18.1. The lowest BCUT2D eigenvalue weighted by Crippen LogP contribution is -2.11. The number of anilines is 3. The van der Waals surface area contributed by atoms with Gasteiger partial charge in [0.1, 0.15) is 0 Å². The zero-order chi connectivity index (χ0) is 38.1. The summed E-state index contributed by atoms with van der Waals surface area (Å²) in [7, 11) is 0. The van der Waals surface area contributed by atoms with E-state index in [4.69, 9.17) is 0 Å². The second-order valence-electron chi connectivity index (χ2n) is 14.9. The van der Waals surface area contributed by atoms with E-state index in [0.717, 1.165) is 24.2 Å². The van der Waals surface area contributed by atoms with Crippen molar-refractivity contribution in [3.63, 3.8) is 0 Å². The van der Waals surface area contributed by atoms with Gasteiger partial charge in [-0.1, -0.05) is 146 Å². The molecule has 9 aromatic rings. The molecule has 0 N–H and O–H groups in total. The Balaban J connectivity index is 0.968. The summed E-state index contributed by atoms with van der Waals surface area (Å²) in [5.74, 6) is 0. The Hall–Kier alpha value is -7.16. The summed E-state index contributed by atoms with van der Waals surface area (Å²) in [6.07, 6.45) is 9.10. The minimum Gasteiger partial charge on any atom is -0.310 e. The summed E-state index contributed by atoms with van der Waals surface area (Å²) in [6, 6.07) is 70.6. The van der Waals surface area contributed by atoms with Gasteiger partial charge in [-0.2, -0.15) is 0 Å². The van der Waals surface area contributed by atoms with Crippen molar-refractivity contribution in [1.82, 2.24) is 4.57 Å². The van der Waals surface area contributed by atoms with Crippen molar-refractivity contribution < 1.29 is 0 Å². The number of rotatable bonds is 8. The number of hydrogen-bond donors (Lipinski definition) is 0. The first kappa shape index (κ1) is 34.3. The summed E-state index contributed by atoms with van der Waals surface area (Å²) in [6.45, 7) is 2.23. The SMILES string of the molecule is Cc1cc(C2=CCCC=C2)ccc1N(c1ccc(-c2ccccc2)cc1)c1ccc(-c2ccc(-c3ccc4c(c3)c3ccccc3n4-c3ccccc3)cc2)cc1. The molecule has 0 saturated carbocycles. The Morgan fingerprint density at radius 3 is 1.58 bits per heavy atom. The molecule has 1 aliphatic rings. The third-order valence-electron chi connectivity index (χ3n) is 11.4. The smallest absolute Gasteiger partial charge is 0.0541 e. The lowest BCUT2D eigenvalue weighted by molar-refractivity contribution is 1.04. The molecule has 0 saturated heterocycles. The van der Waals surface area contributed by atoms with Crippen LogP contribution in [0, 0.1) is 6.92 Å². The van der Waals surface area contributed by atoms with Crippen molar-refractivity contribution in [1.29, 1.82) is 0 Å². The van der Waals surface area contributed by atoms with Crippen LogP contribution in [-0.2, 0) is 0 Å². The zero-order valence-electron chi connectivity index (χ0n) is 32.0. The minimum atomic E-state index is 1.10. The van der Waals surface area contributed by atoms with Crippen molar-refractivity contribution in [3.8, 4) is 39.1 Å². The lowest BCUT2D eigenvalue weighted by atomic mass is 9.97. The van der Waals surface area contributed by atoms with E-state index in [1.54, 1.807) is 0 Å². The third kappa shape index (κ3) is 6.56. The molecule has 8 aromatic carbocycles. The number of benzene rings is 8. The number of nitrogens with zero attached hydrogens (tertiary/aromatic N) is 2. The van der Waals surface area contributed by atoms with Crippen molar-refractivity contribution in [2.24, 2.45) is 0 Å². The maximum atomic E-state index is 2.39. The van der Waals surface area contributed by atoms with E-state index >= 15 is 0 Å². The highest BCUT2D eigenvalue weighted by molar-refractivity contribution is 6.10. The van der Waals surface area contributed by atoms with Crippen LogP contribution in [0.15, 0.2) is 212 Å². The summed E-state index contributed by atoms with van der Waals surface area (Å²) < 4.78 is 2.37. The highest BCUT2D eigenvalue weighted by atomic mass is 15.1. The zero-order valence-corrected chi connectivity index (χ0v) is 32.0. The molecule has 0 aliphatic heterocycles. The Labute approximate surface area is 334 Å². The first-order valence-electron chi connectivity index (χ1n) is 19.9. The third-order valence-corrected chi connectivity index (χ3v) is 11.4. The van der Waals surface area contributed by atoms with Gasteiger partial charge in [0.25, 0.3) is 0 Å². The molecular weight excluding hydrogens is 689 g/mol. The van der Waals surface area contributed by atoms with Crippen LogP contribution in [-0.4, -0.2) is 4.57 Å². The van der Waals surface area contributed by atoms with E-state index in [1.165, 1.54) is 83.3 Å². The lowest BCUT2D eigenvalue weighted by Gasteiger charge is -2.28. The normalized spacial score (nSPS) is 12.5. The molecule has 57 heavy (non-hydrogen) atoms. The fourth-order valence-electron chi connectivity index (χ4n) is 8.44. The molecule has 0 atom stereocenters. The maximum absolute atomic E-state index is 2.39. The van der Waals surface area contributed by atoms with Gasteiger partial charge in [-0.05, 0) is 137 Å². The van der Waals surface area contributed by atoms with Crippen LogP contribution in [0.25, 0.3) is 66.4 Å². The molecule has 0 fully saturated rings. The van der Waals surface area contributed by atoms with Gasteiger partial charge in [0, 0.05) is 33.5 Å². The molecule has 1 aromatic heterocycles. The van der Waals surface area contributed by atoms with E-state index in [9.17, 15) is 0 Å². The predicted octanol–water partition coefficient (Wildman–Crippen LogP) is 15.3. The maximum Gasteiger partial charge on any atom is 0.0541 e. The van der Waals surface area contributed by atoms with Gasteiger partial charge >= 0.3 is 0 Å². The molecule has 0 spiro atoms. The van der Waals surface area contributed by atoms with Crippen molar-refractivity contribution in [2.75, 3.05) is 4.90 Å². The van der Waals surface area contributed by atoms with Crippen molar-refractivity contribution >= 4 is 44.4 Å². The highest BCUT2D eigenvalue weighted by Crippen LogP contribution is 2.40. The van der Waals surface area contributed by atoms with Crippen LogP contribution >= 0.6 is 0 Å². The van der Waals surface area contributed by atoms with Crippen LogP contribution < -0.4 is 4.90 Å². The average Bonchev–Trinajstić information content (AvgIpc) is 3.62. The van der Waals surface area contributed by atoms with E-state index in [2.05, 4.69) is 229 Å². The van der Waals surface area contributed by atoms with Gasteiger partial charge in [0.2, 0.25) is 0 Å². The second kappa shape index (κ2) is 14.8. The average molecular weight is 731 g/mol. The van der Waals surface area contributed by atoms with E-state index in [0.29, 0.717) is 0 Å². The first-order chi connectivity index (χ1) is 28.2. The van der Waals surface area contributed by atoms with Crippen molar-refractivity contribution in [2.45, 2.75) is 19.8 Å². The van der Waals surface area contributed by atoms with Gasteiger partial charge in [0.15, 0.2) is 0 Å². The Morgan fingerprint density at radius 1 is 0.421 bits per heavy atom. The summed E-state index contributed by atoms with van der Waals surface area (Å²) in [5, 5.41) is 2.53. The fraction of sp³-hybridized carbons (Fsp3) is 0.0545. The van der Waals surface area contributed by atoms with Gasteiger partial charge in [-0.25, -0.2) is 0 Å². The van der Waals surface area contributed by atoms with Crippen LogP contribution in [0.2, 0.25) is 0 Å². The van der Waals surface area contributed by atoms with Crippen LogP contribution in [0.5, 0.6) is 0 Å². The van der Waals surface area contributed by atoms with Gasteiger partial charge in [0.05, 0.1) is 11.0 Å². The standard InChI is InChI=1S/C55H42N2/c1-39-37-46(41-15-7-3-8-16-41)29-35-53(39)56(49-31-25-43(26-32-49)40-13-5-2-6-14-40)50-33-27-44(28-34-50)42-21-23-45(24-22-42)47-30-36-55-52(38-47)51-19-11-12-20-54(51)57(55)48-17-9-4-10-18-48/h2,4-7,9-38H,3,8H2,1H3. The molecule has 2 heteroatoms. The van der Waals surface area contributed by atoms with Crippen molar-refractivity contribution in [3.05, 3.63) is 223 Å². The largest absolute Gasteiger partial charge is 0.310 e. The minimum absolute atomic E-state index is 1.10. The molecule has 0 bridgehead atoms. The quantitative estimate of drug-likeness (QED) is 0.151. The molecule has 0 unspecified atom stereocenters. The second-order valence-corrected chi connectivity index (χ2v) is 14.9. The molecule has 1 heterocycles. The highest BCUT2D eigenvalue weighted by Gasteiger charge is 2.17. The molecule has 272 valence electrons. The first-order valence-corrected chi connectivity index (χ1v) is 19.9. The van der Waals surface area contributed by atoms with E-state index in [1.807, 2.05) is 0 Å². The summed E-state index contributed by atoms with van der Waals surface area (Å²) in [4.78, 5) is 2.39. The number of aromatic nitrogens is 1. The van der Waals surface area contributed by atoms with Crippen LogP contribution in [0.4, 0.5) is 17.1 Å². The molecule has 10 rings (SSSR count). The predicted molar refractivity (Wildman–Crippen MR) is 243 cm³/mol.